The van der Waals surface area contributed by atoms with Gasteiger partial charge in [0.1, 0.15) is 0 Å². The number of carbonyl (C=O) groups is 1. The van der Waals surface area contributed by atoms with Gasteiger partial charge in [0.05, 0.1) is 0 Å². The van der Waals surface area contributed by atoms with Gasteiger partial charge in [0, 0.05) is 6.42 Å². The molecule has 3 heteroatoms. The van der Waals surface area contributed by atoms with E-state index in [0.717, 1.165) is 18.3 Å². The molecule has 21 heavy (non-hydrogen) atoms. The molecule has 0 heterocycles. The van der Waals surface area contributed by atoms with Crippen molar-refractivity contribution in [3.05, 3.63) is 11.6 Å². The summed E-state index contributed by atoms with van der Waals surface area (Å²) in [6, 6.07) is 0. The van der Waals surface area contributed by atoms with Gasteiger partial charge in [-0.15, -0.1) is 0 Å². The Morgan fingerprint density at radius 3 is 2.76 bits per heavy atom. The lowest BCUT2D eigenvalue weighted by Gasteiger charge is -2.53. The van der Waals surface area contributed by atoms with Gasteiger partial charge < -0.3 is 10.2 Å². The molecule has 0 aromatic carbocycles. The largest absolute Gasteiger partial charge is 0.359 e. The molecule has 0 amide bonds. The monoisotopic (exact) mass is 290 g/mol. The van der Waals surface area contributed by atoms with Gasteiger partial charge in [0.25, 0.3) is 0 Å². The van der Waals surface area contributed by atoms with E-state index in [-0.39, 0.29) is 12.3 Å². The van der Waals surface area contributed by atoms with Crippen LogP contribution in [0.4, 0.5) is 0 Å². The van der Waals surface area contributed by atoms with Crippen LogP contribution in [0.3, 0.4) is 0 Å². The number of hydrogen-bond donors (Lipinski definition) is 2. The van der Waals surface area contributed by atoms with Crippen LogP contribution in [0.2, 0.25) is 0 Å². The van der Waals surface area contributed by atoms with E-state index in [9.17, 15) is 15.0 Å². The Morgan fingerprint density at radius 2 is 1.95 bits per heavy atom. The van der Waals surface area contributed by atoms with Gasteiger partial charge in [-0.05, 0) is 73.7 Å². The Hall–Kier alpha value is -0.670. The Kier molecular flexibility index (Phi) is 2.94. The molecule has 4 rings (SSSR count). The maximum absolute atomic E-state index is 11.8. The van der Waals surface area contributed by atoms with Crippen molar-refractivity contribution in [2.45, 2.75) is 64.1 Å². The number of hydrogen-bond acceptors (Lipinski definition) is 3. The highest BCUT2D eigenvalue weighted by Crippen LogP contribution is 2.61. The Balaban J connectivity index is 1.65. The molecular weight excluding hydrogens is 264 g/mol. The second-order valence-corrected chi connectivity index (χ2v) is 8.27. The van der Waals surface area contributed by atoms with Crippen LogP contribution in [0.25, 0.3) is 0 Å². The standard InChI is InChI=1S/C18H26O3/c1-17-7-2-3-15(17)13-5-4-11-9-16(19)18(20,21)10-14(11)12(13)6-8-17/h9,12-15,20-21H,2-8,10H2,1H3/t12-,13+,14-,15-,17-/m0/s1. The summed E-state index contributed by atoms with van der Waals surface area (Å²) in [6.45, 7) is 2.47. The number of carbonyl (C=O) groups excluding carboxylic acids is 1. The number of ketones is 1. The number of allylic oxidation sites excluding steroid dienone is 1. The first-order valence-corrected chi connectivity index (χ1v) is 8.60. The number of aliphatic hydroxyl groups is 2. The van der Waals surface area contributed by atoms with E-state index < -0.39 is 11.6 Å². The lowest BCUT2D eigenvalue weighted by molar-refractivity contribution is -0.189. The highest BCUT2D eigenvalue weighted by molar-refractivity contribution is 5.97. The van der Waals surface area contributed by atoms with Crippen LogP contribution in [0, 0.1) is 29.1 Å². The summed E-state index contributed by atoms with van der Waals surface area (Å²) in [5.74, 6) is -0.283. The lowest BCUT2D eigenvalue weighted by Crippen LogP contribution is -2.50. The van der Waals surface area contributed by atoms with Crippen molar-refractivity contribution in [2.24, 2.45) is 29.1 Å². The van der Waals surface area contributed by atoms with Crippen molar-refractivity contribution in [3.8, 4) is 0 Å². The molecule has 0 bridgehead atoms. The second kappa shape index (κ2) is 4.42. The third-order valence-electron chi connectivity index (χ3n) is 7.25. The minimum Gasteiger partial charge on any atom is -0.359 e. The second-order valence-electron chi connectivity index (χ2n) is 8.27. The van der Waals surface area contributed by atoms with Gasteiger partial charge in [-0.2, -0.15) is 0 Å². The van der Waals surface area contributed by atoms with E-state index in [1.165, 1.54) is 44.1 Å². The van der Waals surface area contributed by atoms with Crippen molar-refractivity contribution in [1.82, 2.24) is 0 Å². The van der Waals surface area contributed by atoms with E-state index in [4.69, 9.17) is 0 Å². The van der Waals surface area contributed by atoms with E-state index >= 15 is 0 Å². The molecular formula is C18H26O3. The van der Waals surface area contributed by atoms with E-state index in [1.807, 2.05) is 0 Å². The van der Waals surface area contributed by atoms with Crippen molar-refractivity contribution in [1.29, 1.82) is 0 Å². The van der Waals surface area contributed by atoms with E-state index in [2.05, 4.69) is 6.92 Å². The van der Waals surface area contributed by atoms with Gasteiger partial charge in [0.2, 0.25) is 11.6 Å². The number of fused-ring (bicyclic) bond motifs is 5. The van der Waals surface area contributed by atoms with Gasteiger partial charge in [0.15, 0.2) is 0 Å². The van der Waals surface area contributed by atoms with Crippen LogP contribution < -0.4 is 0 Å². The topological polar surface area (TPSA) is 57.5 Å². The maximum Gasteiger partial charge on any atom is 0.228 e. The van der Waals surface area contributed by atoms with Crippen LogP contribution in [0.1, 0.15) is 58.3 Å². The molecule has 0 aromatic rings. The molecule has 3 nitrogen and oxygen atoms in total. The smallest absolute Gasteiger partial charge is 0.228 e. The quantitative estimate of drug-likeness (QED) is 0.674. The Morgan fingerprint density at radius 1 is 1.14 bits per heavy atom. The third-order valence-corrected chi connectivity index (χ3v) is 7.25. The van der Waals surface area contributed by atoms with Crippen LogP contribution >= 0.6 is 0 Å². The SMILES string of the molecule is C[C@@]12CCC[C@H]1[C@@H]1CCC3=CC(=O)C(O)(O)C[C@@H]3[C@H]1CC2. The summed E-state index contributed by atoms with van der Waals surface area (Å²) in [6.07, 6.45) is 10.5. The zero-order valence-corrected chi connectivity index (χ0v) is 12.8. The third kappa shape index (κ3) is 1.97. The molecule has 0 saturated heterocycles. The summed E-state index contributed by atoms with van der Waals surface area (Å²) in [5.41, 5.74) is 1.73. The zero-order chi connectivity index (χ0) is 14.8. The summed E-state index contributed by atoms with van der Waals surface area (Å²) in [4.78, 5) is 11.8. The molecule has 4 aliphatic rings. The van der Waals surface area contributed by atoms with E-state index in [1.54, 1.807) is 6.08 Å². The van der Waals surface area contributed by atoms with E-state index in [0.29, 0.717) is 11.3 Å². The summed E-state index contributed by atoms with van der Waals surface area (Å²) in [5, 5.41) is 19.9. The molecule has 116 valence electrons. The Bertz CT molecular complexity index is 507. The van der Waals surface area contributed by atoms with Crippen molar-refractivity contribution < 1.29 is 15.0 Å². The molecule has 3 saturated carbocycles. The molecule has 0 unspecified atom stereocenters. The van der Waals surface area contributed by atoms with Crippen molar-refractivity contribution >= 4 is 5.78 Å². The number of rotatable bonds is 0. The minimum atomic E-state index is -2.12. The molecule has 3 fully saturated rings. The van der Waals surface area contributed by atoms with Gasteiger partial charge >= 0.3 is 0 Å². The molecule has 0 radical (unpaired) electrons. The lowest BCUT2D eigenvalue weighted by atomic mass is 9.52. The average Bonchev–Trinajstić information content (AvgIpc) is 2.81. The first kappa shape index (κ1) is 14.0. The molecule has 5 atom stereocenters. The van der Waals surface area contributed by atoms with Gasteiger partial charge in [-0.3, -0.25) is 4.79 Å². The average molecular weight is 290 g/mol. The maximum atomic E-state index is 11.8. The predicted octanol–water partition coefficient (Wildman–Crippen LogP) is 2.81. The summed E-state index contributed by atoms with van der Waals surface area (Å²) < 4.78 is 0. The first-order valence-electron chi connectivity index (χ1n) is 8.60. The van der Waals surface area contributed by atoms with Crippen molar-refractivity contribution in [3.63, 3.8) is 0 Å². The van der Waals surface area contributed by atoms with Crippen LogP contribution in [-0.2, 0) is 4.79 Å². The van der Waals surface area contributed by atoms with Crippen LogP contribution in [-0.4, -0.2) is 21.8 Å². The normalized spacial score (nSPS) is 48.1. The highest BCUT2D eigenvalue weighted by atomic mass is 16.5. The first-order chi connectivity index (χ1) is 9.91. The predicted molar refractivity (Wildman–Crippen MR) is 79.3 cm³/mol. The van der Waals surface area contributed by atoms with Crippen LogP contribution in [0.5, 0.6) is 0 Å². The molecule has 0 spiro atoms. The minimum absolute atomic E-state index is 0.224. The Labute approximate surface area is 126 Å². The highest BCUT2D eigenvalue weighted by Gasteiger charge is 2.54. The summed E-state index contributed by atoms with van der Waals surface area (Å²) >= 11 is 0. The molecule has 0 aromatic heterocycles. The fourth-order valence-corrected chi connectivity index (χ4v) is 6.17. The molecule has 4 aliphatic carbocycles. The summed E-state index contributed by atoms with van der Waals surface area (Å²) in [7, 11) is 0. The zero-order valence-electron chi connectivity index (χ0n) is 12.8. The fraction of sp³-hybridized carbons (Fsp3) is 0.833. The van der Waals surface area contributed by atoms with Crippen molar-refractivity contribution in [2.75, 3.05) is 0 Å². The van der Waals surface area contributed by atoms with Gasteiger partial charge in [-0.25, -0.2) is 0 Å². The molecule has 0 aliphatic heterocycles. The van der Waals surface area contributed by atoms with Crippen LogP contribution in [0.15, 0.2) is 11.6 Å². The molecule has 2 N–H and O–H groups in total. The van der Waals surface area contributed by atoms with Gasteiger partial charge in [-0.1, -0.05) is 18.9 Å². The fourth-order valence-electron chi connectivity index (χ4n) is 6.17.